The molecule has 2 rings (SSSR count). The first-order chi connectivity index (χ1) is 8.70. The second-order valence-corrected chi connectivity index (χ2v) is 5.84. The molecule has 2 aromatic heterocycles. The Hall–Kier alpha value is -1.13. The van der Waals surface area contributed by atoms with E-state index < -0.39 is 0 Å². The zero-order valence-corrected chi connectivity index (χ0v) is 12.2. The maximum atomic E-state index is 4.60. The highest BCUT2D eigenvalue weighted by Crippen LogP contribution is 2.18. The van der Waals surface area contributed by atoms with Gasteiger partial charge in [-0.1, -0.05) is 6.92 Å². The number of rotatable bonds is 6. The minimum absolute atomic E-state index is 0.884. The van der Waals surface area contributed by atoms with Crippen molar-refractivity contribution in [3.63, 3.8) is 0 Å². The van der Waals surface area contributed by atoms with Crippen molar-refractivity contribution in [2.24, 2.45) is 0 Å². The van der Waals surface area contributed by atoms with Gasteiger partial charge in [0, 0.05) is 23.3 Å². The van der Waals surface area contributed by atoms with Crippen LogP contribution >= 0.6 is 11.3 Å². The normalized spacial score (nSPS) is 11.1. The van der Waals surface area contributed by atoms with E-state index in [1.807, 2.05) is 0 Å². The molecular weight excluding hydrogens is 242 g/mol. The van der Waals surface area contributed by atoms with Gasteiger partial charge in [0.1, 0.15) is 5.01 Å². The molecule has 0 fully saturated rings. The van der Waals surface area contributed by atoms with Crippen molar-refractivity contribution in [3.8, 4) is 0 Å². The Labute approximate surface area is 113 Å². The lowest BCUT2D eigenvalue weighted by Crippen LogP contribution is -2.16. The Morgan fingerprint density at radius 3 is 2.89 bits per heavy atom. The molecule has 2 aromatic rings. The topological polar surface area (TPSA) is 29.9 Å². The summed E-state index contributed by atoms with van der Waals surface area (Å²) < 4.78 is 2.28. The fourth-order valence-corrected chi connectivity index (χ4v) is 2.84. The zero-order chi connectivity index (χ0) is 13.0. The fourth-order valence-electron chi connectivity index (χ4n) is 1.91. The van der Waals surface area contributed by atoms with Gasteiger partial charge >= 0.3 is 0 Å². The summed E-state index contributed by atoms with van der Waals surface area (Å²) in [6.07, 6.45) is 3.31. The third kappa shape index (κ3) is 3.21. The largest absolute Gasteiger partial charge is 0.343 e. The number of hydrogen-bond donors (Lipinski definition) is 1. The summed E-state index contributed by atoms with van der Waals surface area (Å²) in [5.74, 6) is 0. The van der Waals surface area contributed by atoms with Crippen LogP contribution in [0.15, 0.2) is 18.3 Å². The van der Waals surface area contributed by atoms with Crippen LogP contribution in [0.25, 0.3) is 0 Å². The highest BCUT2D eigenvalue weighted by molar-refractivity contribution is 7.11. The monoisotopic (exact) mass is 263 g/mol. The first-order valence-corrected chi connectivity index (χ1v) is 7.30. The molecule has 3 nitrogen and oxygen atoms in total. The van der Waals surface area contributed by atoms with Crippen LogP contribution in [0.3, 0.4) is 0 Å². The molecule has 98 valence electrons. The molecule has 2 heterocycles. The second-order valence-electron chi connectivity index (χ2n) is 4.55. The van der Waals surface area contributed by atoms with Gasteiger partial charge in [-0.25, -0.2) is 4.98 Å². The molecule has 0 saturated carbocycles. The highest BCUT2D eigenvalue weighted by atomic mass is 32.1. The van der Waals surface area contributed by atoms with Gasteiger partial charge in [0.15, 0.2) is 0 Å². The van der Waals surface area contributed by atoms with Gasteiger partial charge in [-0.2, -0.15) is 0 Å². The van der Waals surface area contributed by atoms with E-state index in [0.29, 0.717) is 0 Å². The van der Waals surface area contributed by atoms with Crippen molar-refractivity contribution in [1.82, 2.24) is 14.9 Å². The molecule has 1 N–H and O–H groups in total. The Balaban J connectivity index is 2.02. The fraction of sp³-hybridized carbons (Fsp3) is 0.500. The van der Waals surface area contributed by atoms with Gasteiger partial charge in [-0.15, -0.1) is 11.3 Å². The molecule has 0 unspecified atom stereocenters. The molecule has 0 aliphatic carbocycles. The van der Waals surface area contributed by atoms with Crippen molar-refractivity contribution < 1.29 is 0 Å². The maximum Gasteiger partial charge on any atom is 0.113 e. The molecule has 0 saturated heterocycles. The van der Waals surface area contributed by atoms with E-state index in [4.69, 9.17) is 0 Å². The molecule has 0 amide bonds. The van der Waals surface area contributed by atoms with Gasteiger partial charge in [0.2, 0.25) is 0 Å². The Morgan fingerprint density at radius 1 is 1.39 bits per heavy atom. The minimum Gasteiger partial charge on any atom is -0.343 e. The molecule has 0 aliphatic heterocycles. The van der Waals surface area contributed by atoms with Crippen LogP contribution in [-0.2, 0) is 13.1 Å². The molecule has 0 aliphatic rings. The van der Waals surface area contributed by atoms with Crippen LogP contribution < -0.4 is 5.32 Å². The summed E-state index contributed by atoms with van der Waals surface area (Å²) in [4.78, 5) is 5.92. The molecule has 0 radical (unpaired) electrons. The zero-order valence-electron chi connectivity index (χ0n) is 11.4. The van der Waals surface area contributed by atoms with E-state index in [0.717, 1.165) is 25.3 Å². The smallest absolute Gasteiger partial charge is 0.113 e. The summed E-state index contributed by atoms with van der Waals surface area (Å²) in [5, 5.41) is 4.63. The van der Waals surface area contributed by atoms with Crippen molar-refractivity contribution in [3.05, 3.63) is 39.6 Å². The van der Waals surface area contributed by atoms with Gasteiger partial charge in [-0.05, 0) is 38.9 Å². The van der Waals surface area contributed by atoms with Gasteiger partial charge in [0.05, 0.1) is 12.2 Å². The predicted molar refractivity (Wildman–Crippen MR) is 77.1 cm³/mol. The van der Waals surface area contributed by atoms with E-state index in [2.05, 4.69) is 54.0 Å². The Kier molecular flexibility index (Phi) is 4.55. The number of aromatic nitrogens is 2. The minimum atomic E-state index is 0.884. The number of nitrogens with one attached hydrogen (secondary N) is 1. The summed E-state index contributed by atoms with van der Waals surface area (Å²) in [7, 11) is 0. The maximum absolute atomic E-state index is 4.60. The van der Waals surface area contributed by atoms with Gasteiger partial charge < -0.3 is 9.88 Å². The summed E-state index contributed by atoms with van der Waals surface area (Å²) in [6, 6.07) is 4.28. The summed E-state index contributed by atoms with van der Waals surface area (Å²) >= 11 is 1.80. The van der Waals surface area contributed by atoms with E-state index in [1.54, 1.807) is 11.3 Å². The lowest BCUT2D eigenvalue weighted by atomic mass is 10.4. The molecule has 0 bridgehead atoms. The van der Waals surface area contributed by atoms with Crippen molar-refractivity contribution in [2.75, 3.05) is 6.54 Å². The summed E-state index contributed by atoms with van der Waals surface area (Å²) in [5.41, 5.74) is 2.49. The highest BCUT2D eigenvalue weighted by Gasteiger charge is 2.06. The van der Waals surface area contributed by atoms with Crippen molar-refractivity contribution >= 4 is 11.3 Å². The van der Waals surface area contributed by atoms with Crippen LogP contribution in [0.4, 0.5) is 0 Å². The van der Waals surface area contributed by atoms with E-state index in [9.17, 15) is 0 Å². The van der Waals surface area contributed by atoms with Crippen molar-refractivity contribution in [1.29, 1.82) is 0 Å². The molecular formula is C14H21N3S. The average Bonchev–Trinajstić information content (AvgIpc) is 2.88. The Bertz CT molecular complexity index is 479. The van der Waals surface area contributed by atoms with Gasteiger partial charge in [-0.3, -0.25) is 0 Å². The van der Waals surface area contributed by atoms with Crippen LogP contribution in [0.2, 0.25) is 0 Å². The molecule has 0 atom stereocenters. The number of nitrogens with zero attached hydrogens (tertiary/aromatic N) is 2. The van der Waals surface area contributed by atoms with Crippen LogP contribution in [0.5, 0.6) is 0 Å². The lowest BCUT2D eigenvalue weighted by molar-refractivity contribution is 0.629. The SMILES string of the molecule is CCCNCc1cccn1Cc1nc(C)c(C)s1. The van der Waals surface area contributed by atoms with Crippen LogP contribution in [-0.4, -0.2) is 16.1 Å². The molecule has 4 heteroatoms. The average molecular weight is 263 g/mol. The van der Waals surface area contributed by atoms with E-state index in [1.165, 1.54) is 22.0 Å². The lowest BCUT2D eigenvalue weighted by Gasteiger charge is -2.08. The quantitative estimate of drug-likeness (QED) is 0.812. The third-order valence-corrected chi connectivity index (χ3v) is 4.09. The van der Waals surface area contributed by atoms with Gasteiger partial charge in [0.25, 0.3) is 0 Å². The number of aryl methyl sites for hydroxylation is 2. The number of thiazole rings is 1. The third-order valence-electron chi connectivity index (χ3n) is 3.03. The molecule has 18 heavy (non-hydrogen) atoms. The van der Waals surface area contributed by atoms with E-state index in [-0.39, 0.29) is 0 Å². The van der Waals surface area contributed by atoms with Crippen LogP contribution in [0, 0.1) is 13.8 Å². The second kappa shape index (κ2) is 6.16. The van der Waals surface area contributed by atoms with E-state index >= 15 is 0 Å². The number of hydrogen-bond acceptors (Lipinski definition) is 3. The Morgan fingerprint density at radius 2 is 2.22 bits per heavy atom. The molecule has 0 aromatic carbocycles. The standard InChI is InChI=1S/C14H21N3S/c1-4-7-15-9-13-6-5-8-17(13)10-14-16-11(2)12(3)18-14/h5-6,8,15H,4,7,9-10H2,1-3H3. The molecule has 0 spiro atoms. The predicted octanol–water partition coefficient (Wildman–Crippen LogP) is 3.11. The summed E-state index contributed by atoms with van der Waals surface area (Å²) in [6.45, 7) is 9.29. The van der Waals surface area contributed by atoms with Crippen molar-refractivity contribution in [2.45, 2.75) is 40.3 Å². The first kappa shape index (κ1) is 13.3. The van der Waals surface area contributed by atoms with Crippen LogP contribution in [0.1, 0.15) is 34.6 Å². The first-order valence-electron chi connectivity index (χ1n) is 6.48.